The number of anilines is 1. The molecule has 0 saturated carbocycles. The molecule has 22 heavy (non-hydrogen) atoms. The van der Waals surface area contributed by atoms with Gasteiger partial charge in [-0.25, -0.2) is 22.5 Å². The van der Waals surface area contributed by atoms with E-state index in [0.29, 0.717) is 5.16 Å². The molecule has 1 heterocycles. The molecule has 0 fully saturated rings. The number of halogens is 4. The number of hydrogen-bond acceptors (Lipinski definition) is 3. The normalized spacial score (nSPS) is 12.3. The van der Waals surface area contributed by atoms with E-state index in [9.17, 15) is 22.4 Å². The van der Waals surface area contributed by atoms with Crippen LogP contribution in [-0.4, -0.2) is 20.7 Å². The Morgan fingerprint density at radius 2 is 1.86 bits per heavy atom. The van der Waals surface area contributed by atoms with E-state index in [0.717, 1.165) is 11.8 Å². The molecule has 0 bridgehead atoms. The number of thioether (sulfide) groups is 1. The highest BCUT2D eigenvalue weighted by molar-refractivity contribution is 8.00. The Balaban J connectivity index is 2.17. The summed E-state index contributed by atoms with van der Waals surface area (Å²) in [5.41, 5.74) is -1.14. The van der Waals surface area contributed by atoms with Crippen LogP contribution in [0.2, 0.25) is 0 Å². The van der Waals surface area contributed by atoms with Crippen molar-refractivity contribution in [3.05, 3.63) is 41.7 Å². The number of rotatable bonds is 4. The van der Waals surface area contributed by atoms with Crippen LogP contribution in [0.4, 0.5) is 23.2 Å². The van der Waals surface area contributed by atoms with Gasteiger partial charge in [0.25, 0.3) is 0 Å². The maximum absolute atomic E-state index is 13.5. The van der Waals surface area contributed by atoms with Crippen LogP contribution in [0.25, 0.3) is 0 Å². The molecule has 4 nitrogen and oxygen atoms in total. The molecule has 1 aromatic carbocycles. The molecule has 118 valence electrons. The predicted molar refractivity (Wildman–Crippen MR) is 73.4 cm³/mol. The van der Waals surface area contributed by atoms with Crippen molar-refractivity contribution in [3.63, 3.8) is 0 Å². The van der Waals surface area contributed by atoms with Gasteiger partial charge in [0, 0.05) is 25.5 Å². The average molecular weight is 333 g/mol. The second-order valence-electron chi connectivity index (χ2n) is 4.41. The number of hydrogen-bond donors (Lipinski definition) is 1. The summed E-state index contributed by atoms with van der Waals surface area (Å²) in [6, 6.07) is 0.0758. The summed E-state index contributed by atoms with van der Waals surface area (Å²) in [7, 11) is 1.71. The van der Waals surface area contributed by atoms with Crippen LogP contribution in [0.5, 0.6) is 0 Å². The summed E-state index contributed by atoms with van der Waals surface area (Å²) in [5.74, 6) is -7.28. The van der Waals surface area contributed by atoms with E-state index >= 15 is 0 Å². The molecule has 0 aliphatic heterocycles. The summed E-state index contributed by atoms with van der Waals surface area (Å²) >= 11 is 1.03. The molecule has 0 spiro atoms. The van der Waals surface area contributed by atoms with E-state index in [-0.39, 0.29) is 6.07 Å². The minimum atomic E-state index is -1.65. The summed E-state index contributed by atoms with van der Waals surface area (Å²) in [6.07, 6.45) is 3.18. The van der Waals surface area contributed by atoms with Gasteiger partial charge >= 0.3 is 0 Å². The van der Waals surface area contributed by atoms with Crippen LogP contribution in [0.15, 0.2) is 23.6 Å². The van der Waals surface area contributed by atoms with Crippen molar-refractivity contribution < 1.29 is 22.4 Å². The van der Waals surface area contributed by atoms with Crippen molar-refractivity contribution in [2.24, 2.45) is 7.05 Å². The topological polar surface area (TPSA) is 46.9 Å². The highest BCUT2D eigenvalue weighted by Gasteiger charge is 2.24. The van der Waals surface area contributed by atoms with Gasteiger partial charge in [0.15, 0.2) is 28.4 Å². The smallest absolute Gasteiger partial charge is 0.237 e. The molecule has 2 rings (SSSR count). The molecule has 1 amide bonds. The minimum absolute atomic E-state index is 0.0758. The average Bonchev–Trinajstić information content (AvgIpc) is 2.86. The first-order valence-electron chi connectivity index (χ1n) is 6.09. The Bertz CT molecular complexity index is 693. The van der Waals surface area contributed by atoms with Gasteiger partial charge in [-0.15, -0.1) is 0 Å². The lowest BCUT2D eigenvalue weighted by Gasteiger charge is -2.13. The van der Waals surface area contributed by atoms with E-state index in [2.05, 4.69) is 4.98 Å². The quantitative estimate of drug-likeness (QED) is 0.531. The van der Waals surface area contributed by atoms with Gasteiger partial charge < -0.3 is 9.88 Å². The molecule has 2 aromatic rings. The number of nitrogens with zero attached hydrogens (tertiary/aromatic N) is 2. The number of carbonyl (C=O) groups is 1. The number of carbonyl (C=O) groups excluding carboxylic acids is 1. The monoisotopic (exact) mass is 333 g/mol. The number of imidazole rings is 1. The molecule has 0 radical (unpaired) electrons. The number of amides is 1. The molecule has 1 N–H and O–H groups in total. The highest BCUT2D eigenvalue weighted by Crippen LogP contribution is 2.26. The summed E-state index contributed by atoms with van der Waals surface area (Å²) in [6.45, 7) is 1.47. The van der Waals surface area contributed by atoms with Crippen LogP contribution >= 0.6 is 11.8 Å². The Hall–Kier alpha value is -2.03. The number of aromatic nitrogens is 2. The number of benzene rings is 1. The first-order valence-corrected chi connectivity index (χ1v) is 6.97. The molecule has 1 unspecified atom stereocenters. The van der Waals surface area contributed by atoms with Crippen molar-refractivity contribution in [2.75, 3.05) is 5.32 Å². The lowest BCUT2D eigenvalue weighted by molar-refractivity contribution is -0.115. The fourth-order valence-electron chi connectivity index (χ4n) is 1.58. The zero-order chi connectivity index (χ0) is 16.4. The zero-order valence-corrected chi connectivity index (χ0v) is 12.3. The Morgan fingerprint density at radius 1 is 1.27 bits per heavy atom. The van der Waals surface area contributed by atoms with Crippen molar-refractivity contribution in [3.8, 4) is 0 Å². The predicted octanol–water partition coefficient (Wildman–Crippen LogP) is 3.10. The van der Waals surface area contributed by atoms with Crippen LogP contribution in [-0.2, 0) is 11.8 Å². The fraction of sp³-hybridized carbons (Fsp3) is 0.231. The molecular weight excluding hydrogens is 322 g/mol. The van der Waals surface area contributed by atoms with E-state index in [1.54, 1.807) is 17.8 Å². The molecule has 0 aliphatic rings. The Kier molecular flexibility index (Phi) is 4.74. The zero-order valence-electron chi connectivity index (χ0n) is 11.5. The maximum atomic E-state index is 13.5. The molecule has 0 saturated heterocycles. The van der Waals surface area contributed by atoms with Gasteiger partial charge in [-0.2, -0.15) is 0 Å². The first-order chi connectivity index (χ1) is 10.3. The van der Waals surface area contributed by atoms with Gasteiger partial charge in [-0.3, -0.25) is 4.79 Å². The molecule has 1 aromatic heterocycles. The van der Waals surface area contributed by atoms with Gasteiger partial charge in [-0.1, -0.05) is 11.8 Å². The molecular formula is C13H11F4N3OS. The molecule has 0 aliphatic carbocycles. The van der Waals surface area contributed by atoms with E-state index in [1.807, 2.05) is 5.32 Å². The van der Waals surface area contributed by atoms with Gasteiger partial charge in [0.05, 0.1) is 5.25 Å². The largest absolute Gasteiger partial charge is 0.329 e. The second kappa shape index (κ2) is 6.39. The summed E-state index contributed by atoms with van der Waals surface area (Å²) in [4.78, 5) is 15.9. The lowest BCUT2D eigenvalue weighted by Crippen LogP contribution is -2.24. The molecule has 1 atom stereocenters. The van der Waals surface area contributed by atoms with Crippen LogP contribution in [0.1, 0.15) is 6.92 Å². The van der Waals surface area contributed by atoms with Crippen LogP contribution < -0.4 is 5.32 Å². The van der Waals surface area contributed by atoms with Crippen LogP contribution in [0.3, 0.4) is 0 Å². The summed E-state index contributed by atoms with van der Waals surface area (Å²) < 4.78 is 54.8. The van der Waals surface area contributed by atoms with E-state index < -0.39 is 40.1 Å². The third kappa shape index (κ3) is 3.24. The van der Waals surface area contributed by atoms with Crippen molar-refractivity contribution in [1.29, 1.82) is 0 Å². The third-order valence-electron chi connectivity index (χ3n) is 2.79. The first kappa shape index (κ1) is 16.3. The lowest BCUT2D eigenvalue weighted by atomic mass is 10.2. The maximum Gasteiger partial charge on any atom is 0.237 e. The SMILES string of the molecule is CC(Sc1nccn1C)C(=O)Nc1c(F)c(F)cc(F)c1F. The fourth-order valence-corrected chi connectivity index (χ4v) is 2.42. The van der Waals surface area contributed by atoms with Gasteiger partial charge in [-0.05, 0) is 6.92 Å². The van der Waals surface area contributed by atoms with Crippen molar-refractivity contribution in [1.82, 2.24) is 9.55 Å². The summed E-state index contributed by atoms with van der Waals surface area (Å²) in [5, 5.41) is 1.59. The minimum Gasteiger partial charge on any atom is -0.329 e. The van der Waals surface area contributed by atoms with Crippen molar-refractivity contribution in [2.45, 2.75) is 17.3 Å². The third-order valence-corrected chi connectivity index (χ3v) is 3.96. The van der Waals surface area contributed by atoms with E-state index in [1.165, 1.54) is 13.1 Å². The highest BCUT2D eigenvalue weighted by atomic mass is 32.2. The number of aryl methyl sites for hydroxylation is 1. The number of nitrogens with one attached hydrogen (secondary N) is 1. The molecule has 9 heteroatoms. The van der Waals surface area contributed by atoms with Gasteiger partial charge in [0.2, 0.25) is 5.91 Å². The standard InChI is InChI=1S/C13H11F4N3OS/c1-6(22-13-18-3-4-20(13)2)12(21)19-11-9(16)7(14)5-8(15)10(11)17/h3-6H,1-2H3,(H,19,21). The van der Waals surface area contributed by atoms with Crippen molar-refractivity contribution >= 4 is 23.4 Å². The Labute approximate surface area is 127 Å². The van der Waals surface area contributed by atoms with Crippen LogP contribution in [0, 0.1) is 23.3 Å². The second-order valence-corrected chi connectivity index (χ2v) is 5.72. The Morgan fingerprint density at radius 3 is 2.36 bits per heavy atom. The van der Waals surface area contributed by atoms with Gasteiger partial charge in [0.1, 0.15) is 5.69 Å². The van der Waals surface area contributed by atoms with E-state index in [4.69, 9.17) is 0 Å².